The normalized spacial score (nSPS) is 23.7. The number of carbonyl (C=O) groups excluding carboxylic acids is 3. The van der Waals surface area contributed by atoms with Crippen LogP contribution in [0.25, 0.3) is 0 Å². The monoisotopic (exact) mass is 331 g/mol. The van der Waals surface area contributed by atoms with E-state index in [2.05, 4.69) is 10.1 Å². The Morgan fingerprint density at radius 1 is 1.38 bits per heavy atom. The van der Waals surface area contributed by atoms with E-state index in [4.69, 9.17) is 0 Å². The number of alkyl halides is 4. The van der Waals surface area contributed by atoms with Gasteiger partial charge in [-0.1, -0.05) is 11.8 Å². The molecule has 21 heavy (non-hydrogen) atoms. The number of rotatable bonds is 4. The number of carbonyl (C=O) groups is 3. The van der Waals surface area contributed by atoms with E-state index in [0.29, 0.717) is 6.42 Å². The molecule has 0 aromatic heterocycles. The van der Waals surface area contributed by atoms with E-state index >= 15 is 0 Å². The van der Waals surface area contributed by atoms with E-state index in [0.717, 1.165) is 6.92 Å². The van der Waals surface area contributed by atoms with Gasteiger partial charge in [0.05, 0.1) is 0 Å². The molecule has 120 valence electrons. The fourth-order valence-electron chi connectivity index (χ4n) is 1.62. The minimum atomic E-state index is -4.99. The van der Waals surface area contributed by atoms with Crippen molar-refractivity contribution in [3.63, 3.8) is 0 Å². The SMILES string of the molecule is CC(=O)SCC(C(=O)OC(=O)[C@]1(F)CCCN1)C(F)(F)F. The summed E-state index contributed by atoms with van der Waals surface area (Å²) in [7, 11) is 0. The molecule has 1 aliphatic rings. The third kappa shape index (κ3) is 4.95. The van der Waals surface area contributed by atoms with Gasteiger partial charge in [0.2, 0.25) is 0 Å². The fourth-order valence-corrected chi connectivity index (χ4v) is 2.35. The van der Waals surface area contributed by atoms with Crippen LogP contribution in [0, 0.1) is 5.92 Å². The summed E-state index contributed by atoms with van der Waals surface area (Å²) < 4.78 is 56.0. The second-order valence-electron chi connectivity index (χ2n) is 4.44. The van der Waals surface area contributed by atoms with Gasteiger partial charge < -0.3 is 4.74 Å². The van der Waals surface area contributed by atoms with Crippen molar-refractivity contribution in [2.45, 2.75) is 31.7 Å². The molecule has 0 aromatic rings. The molecule has 1 heterocycles. The van der Waals surface area contributed by atoms with Crippen LogP contribution in [-0.4, -0.2) is 41.3 Å². The molecule has 0 saturated carbocycles. The quantitative estimate of drug-likeness (QED) is 0.365. The molecule has 5 nitrogen and oxygen atoms in total. The van der Waals surface area contributed by atoms with Crippen LogP contribution in [0.15, 0.2) is 0 Å². The Morgan fingerprint density at radius 3 is 2.43 bits per heavy atom. The van der Waals surface area contributed by atoms with Crippen molar-refractivity contribution in [2.75, 3.05) is 12.3 Å². The number of hydrogen-bond donors (Lipinski definition) is 1. The van der Waals surface area contributed by atoms with Crippen molar-refractivity contribution in [1.29, 1.82) is 0 Å². The van der Waals surface area contributed by atoms with Crippen molar-refractivity contribution >= 4 is 28.8 Å². The third-order valence-corrected chi connectivity index (χ3v) is 3.66. The van der Waals surface area contributed by atoms with E-state index in [1.807, 2.05) is 0 Å². The average Bonchev–Trinajstić information content (AvgIpc) is 2.75. The van der Waals surface area contributed by atoms with Crippen LogP contribution in [0.5, 0.6) is 0 Å². The van der Waals surface area contributed by atoms with Crippen LogP contribution >= 0.6 is 11.8 Å². The second-order valence-corrected chi connectivity index (χ2v) is 5.63. The summed E-state index contributed by atoms with van der Waals surface area (Å²) in [6, 6.07) is 0. The highest BCUT2D eigenvalue weighted by Crippen LogP contribution is 2.31. The van der Waals surface area contributed by atoms with Gasteiger partial charge in [-0.3, -0.25) is 14.9 Å². The Bertz CT molecular complexity index is 434. The van der Waals surface area contributed by atoms with Crippen molar-refractivity contribution in [3.05, 3.63) is 0 Å². The Balaban J connectivity index is 2.72. The summed E-state index contributed by atoms with van der Waals surface area (Å²) in [5.74, 6) is -9.82. The molecule has 1 N–H and O–H groups in total. The van der Waals surface area contributed by atoms with Gasteiger partial charge in [-0.25, -0.2) is 9.18 Å². The Labute approximate surface area is 121 Å². The Hall–Kier alpha value is -1.16. The highest BCUT2D eigenvalue weighted by molar-refractivity contribution is 8.13. The summed E-state index contributed by atoms with van der Waals surface area (Å²) in [5.41, 5.74) is 0. The van der Waals surface area contributed by atoms with Crippen molar-refractivity contribution in [2.24, 2.45) is 5.92 Å². The number of nitrogens with one attached hydrogen (secondary N) is 1. The van der Waals surface area contributed by atoms with Gasteiger partial charge in [0.25, 0.3) is 5.79 Å². The van der Waals surface area contributed by atoms with Crippen LogP contribution < -0.4 is 5.32 Å². The van der Waals surface area contributed by atoms with Crippen LogP contribution in [0.2, 0.25) is 0 Å². The molecule has 0 aromatic carbocycles. The zero-order valence-electron chi connectivity index (χ0n) is 11.0. The Kier molecular flexibility index (Phi) is 5.74. The molecular formula is C11H13F4NO4S. The highest BCUT2D eigenvalue weighted by atomic mass is 32.2. The van der Waals surface area contributed by atoms with Gasteiger partial charge in [0.15, 0.2) is 11.0 Å². The molecule has 0 amide bonds. The van der Waals surface area contributed by atoms with Crippen LogP contribution in [0.1, 0.15) is 19.8 Å². The molecule has 1 rings (SSSR count). The zero-order chi connectivity index (χ0) is 16.3. The van der Waals surface area contributed by atoms with Crippen LogP contribution in [0.4, 0.5) is 17.6 Å². The largest absolute Gasteiger partial charge is 0.403 e. The van der Waals surface area contributed by atoms with E-state index in [1.165, 1.54) is 0 Å². The second kappa shape index (κ2) is 6.73. The third-order valence-electron chi connectivity index (χ3n) is 2.75. The summed E-state index contributed by atoms with van der Waals surface area (Å²) >= 11 is 0.273. The van der Waals surface area contributed by atoms with Gasteiger partial charge in [-0.15, -0.1) is 0 Å². The van der Waals surface area contributed by atoms with Crippen LogP contribution in [-0.2, 0) is 19.1 Å². The molecular weight excluding hydrogens is 318 g/mol. The number of hydrogen-bond acceptors (Lipinski definition) is 6. The first kappa shape index (κ1) is 17.9. The lowest BCUT2D eigenvalue weighted by molar-refractivity contribution is -0.198. The molecule has 1 saturated heterocycles. The van der Waals surface area contributed by atoms with E-state index < -0.39 is 40.7 Å². The molecule has 1 fully saturated rings. The molecule has 0 spiro atoms. The van der Waals surface area contributed by atoms with Crippen LogP contribution in [0.3, 0.4) is 0 Å². The highest BCUT2D eigenvalue weighted by Gasteiger charge is 2.50. The lowest BCUT2D eigenvalue weighted by Crippen LogP contribution is -2.47. The van der Waals surface area contributed by atoms with E-state index in [-0.39, 0.29) is 24.7 Å². The van der Waals surface area contributed by atoms with Crippen molar-refractivity contribution < 1.29 is 36.7 Å². The molecule has 2 atom stereocenters. The predicted octanol–water partition coefficient (Wildman–Crippen LogP) is 1.56. The zero-order valence-corrected chi connectivity index (χ0v) is 11.8. The lowest BCUT2D eigenvalue weighted by Gasteiger charge is -2.21. The van der Waals surface area contributed by atoms with Gasteiger partial charge in [-0.2, -0.15) is 13.2 Å². The number of ether oxygens (including phenoxy) is 1. The first-order valence-electron chi connectivity index (χ1n) is 5.96. The summed E-state index contributed by atoms with van der Waals surface area (Å²) in [6.45, 7) is 1.19. The summed E-state index contributed by atoms with van der Waals surface area (Å²) in [4.78, 5) is 33.5. The fraction of sp³-hybridized carbons (Fsp3) is 0.727. The summed E-state index contributed by atoms with van der Waals surface area (Å²) in [6.07, 6.45) is -4.98. The molecule has 10 heteroatoms. The lowest BCUT2D eigenvalue weighted by atomic mass is 10.1. The maximum absolute atomic E-state index is 13.9. The first-order chi connectivity index (χ1) is 9.56. The molecule has 0 bridgehead atoms. The number of esters is 2. The van der Waals surface area contributed by atoms with Gasteiger partial charge >= 0.3 is 18.1 Å². The van der Waals surface area contributed by atoms with Gasteiger partial charge in [-0.05, 0) is 13.0 Å². The maximum atomic E-state index is 13.9. The smallest absolute Gasteiger partial charge is 0.389 e. The summed E-state index contributed by atoms with van der Waals surface area (Å²) in [5, 5.41) is 1.51. The topological polar surface area (TPSA) is 72.5 Å². The molecule has 0 radical (unpaired) electrons. The maximum Gasteiger partial charge on any atom is 0.403 e. The number of thioether (sulfide) groups is 1. The van der Waals surface area contributed by atoms with E-state index in [1.54, 1.807) is 0 Å². The number of halogens is 4. The minimum absolute atomic E-state index is 0.155. The first-order valence-corrected chi connectivity index (χ1v) is 6.95. The molecule has 1 aliphatic heterocycles. The molecule has 0 aliphatic carbocycles. The van der Waals surface area contributed by atoms with E-state index in [9.17, 15) is 31.9 Å². The predicted molar refractivity (Wildman–Crippen MR) is 64.9 cm³/mol. The Morgan fingerprint density at radius 2 is 2.00 bits per heavy atom. The average molecular weight is 331 g/mol. The van der Waals surface area contributed by atoms with Gasteiger partial charge in [0, 0.05) is 19.1 Å². The molecule has 1 unspecified atom stereocenters. The standard InChI is InChI=1S/C11H13F4NO4S/c1-6(17)21-5-7(11(13,14)15)8(18)20-9(19)10(12)3-2-4-16-10/h7,16H,2-5H2,1H3/t7?,10-/m0/s1. The van der Waals surface area contributed by atoms with Crippen molar-refractivity contribution in [1.82, 2.24) is 5.32 Å². The van der Waals surface area contributed by atoms with Gasteiger partial charge in [0.1, 0.15) is 0 Å². The van der Waals surface area contributed by atoms with Crippen molar-refractivity contribution in [3.8, 4) is 0 Å². The minimum Gasteiger partial charge on any atom is -0.389 e.